The summed E-state index contributed by atoms with van der Waals surface area (Å²) in [6.45, 7) is 0. The minimum Gasteiger partial charge on any atom is -0.423 e. The van der Waals surface area contributed by atoms with Crippen molar-refractivity contribution >= 4 is 12.6 Å². The van der Waals surface area contributed by atoms with Crippen LogP contribution in [0.2, 0.25) is 0 Å². The Morgan fingerprint density at radius 1 is 0.900 bits per heavy atom. The van der Waals surface area contributed by atoms with Crippen LogP contribution in [0.15, 0.2) is 24.3 Å². The highest BCUT2D eigenvalue weighted by molar-refractivity contribution is 6.59. The second-order valence-electron chi connectivity index (χ2n) is 6.66. The van der Waals surface area contributed by atoms with E-state index in [4.69, 9.17) is 0 Å². The monoisotopic (exact) mass is 272 g/mol. The normalized spacial score (nSPS) is 22.9. The molecule has 0 heterocycles. The molecule has 0 aromatic heterocycles. The molecule has 3 heteroatoms. The molecule has 2 saturated carbocycles. The summed E-state index contributed by atoms with van der Waals surface area (Å²) in [4.78, 5) is 0. The predicted octanol–water partition coefficient (Wildman–Crippen LogP) is 2.76. The van der Waals surface area contributed by atoms with Gasteiger partial charge in [-0.3, -0.25) is 0 Å². The van der Waals surface area contributed by atoms with Gasteiger partial charge in [0.1, 0.15) is 0 Å². The number of hydrogen-bond donors (Lipinski definition) is 2. The topological polar surface area (TPSA) is 40.5 Å². The van der Waals surface area contributed by atoms with Crippen molar-refractivity contribution in [1.82, 2.24) is 0 Å². The van der Waals surface area contributed by atoms with E-state index in [1.807, 2.05) is 12.1 Å². The first-order chi connectivity index (χ1) is 9.74. The van der Waals surface area contributed by atoms with Crippen LogP contribution in [0, 0.1) is 5.92 Å². The molecular weight excluding hydrogens is 247 g/mol. The minimum absolute atomic E-state index is 0.203. The third-order valence-corrected chi connectivity index (χ3v) is 5.66. The van der Waals surface area contributed by atoms with E-state index in [1.54, 1.807) is 0 Å². The lowest BCUT2D eigenvalue weighted by molar-refractivity contribution is 0.193. The summed E-state index contributed by atoms with van der Waals surface area (Å²) in [6.07, 6.45) is 11.7. The lowest BCUT2D eigenvalue weighted by atomic mass is 9.57. The van der Waals surface area contributed by atoms with Gasteiger partial charge in [0.2, 0.25) is 0 Å². The first-order valence-electron chi connectivity index (χ1n) is 8.19. The molecule has 1 aromatic carbocycles. The molecule has 2 fully saturated rings. The van der Waals surface area contributed by atoms with Gasteiger partial charge < -0.3 is 10.0 Å². The fraction of sp³-hybridized carbons (Fsp3) is 0.647. The van der Waals surface area contributed by atoms with Gasteiger partial charge in [-0.1, -0.05) is 56.4 Å². The van der Waals surface area contributed by atoms with Crippen LogP contribution < -0.4 is 5.46 Å². The summed E-state index contributed by atoms with van der Waals surface area (Å²) in [7, 11) is -1.34. The minimum atomic E-state index is -1.34. The molecule has 0 saturated heterocycles. The third-order valence-electron chi connectivity index (χ3n) is 5.66. The molecule has 1 aromatic rings. The van der Waals surface area contributed by atoms with Gasteiger partial charge in [-0.2, -0.15) is 0 Å². The molecule has 0 radical (unpaired) electrons. The van der Waals surface area contributed by atoms with Crippen molar-refractivity contribution in [3.05, 3.63) is 29.8 Å². The van der Waals surface area contributed by atoms with Gasteiger partial charge in [-0.05, 0) is 48.0 Å². The van der Waals surface area contributed by atoms with Gasteiger partial charge in [0, 0.05) is 0 Å². The summed E-state index contributed by atoms with van der Waals surface area (Å²) in [5.41, 5.74) is 2.16. The fourth-order valence-corrected chi connectivity index (χ4v) is 4.73. The Labute approximate surface area is 122 Å². The van der Waals surface area contributed by atoms with E-state index in [-0.39, 0.29) is 5.41 Å². The smallest absolute Gasteiger partial charge is 0.423 e. The van der Waals surface area contributed by atoms with Crippen molar-refractivity contribution < 1.29 is 10.0 Å². The molecule has 0 bridgehead atoms. The van der Waals surface area contributed by atoms with E-state index >= 15 is 0 Å². The van der Waals surface area contributed by atoms with Crippen molar-refractivity contribution in [2.24, 2.45) is 5.92 Å². The van der Waals surface area contributed by atoms with Crippen LogP contribution in [0.3, 0.4) is 0 Å². The van der Waals surface area contributed by atoms with E-state index in [2.05, 4.69) is 12.1 Å². The maximum absolute atomic E-state index is 9.75. The molecule has 0 aliphatic heterocycles. The first kappa shape index (κ1) is 14.2. The maximum atomic E-state index is 9.75. The van der Waals surface area contributed by atoms with Gasteiger partial charge in [-0.15, -0.1) is 0 Å². The molecular formula is C17H25BO2. The Bertz CT molecular complexity index is 446. The largest absolute Gasteiger partial charge is 0.488 e. The lowest BCUT2D eigenvalue weighted by Crippen LogP contribution is -2.44. The SMILES string of the molecule is OB(O)c1ccccc1C1(C2CCCC2)CCCCC1. The second kappa shape index (κ2) is 5.91. The van der Waals surface area contributed by atoms with Crippen molar-refractivity contribution in [3.63, 3.8) is 0 Å². The highest BCUT2D eigenvalue weighted by Crippen LogP contribution is 2.50. The van der Waals surface area contributed by atoms with E-state index in [1.165, 1.54) is 63.4 Å². The average Bonchev–Trinajstić information content (AvgIpc) is 3.03. The Morgan fingerprint density at radius 3 is 2.20 bits per heavy atom. The molecule has 2 aliphatic carbocycles. The van der Waals surface area contributed by atoms with Crippen LogP contribution in [0.4, 0.5) is 0 Å². The molecule has 0 unspecified atom stereocenters. The zero-order valence-corrected chi connectivity index (χ0v) is 12.2. The summed E-state index contributed by atoms with van der Waals surface area (Å²) in [5.74, 6) is 0.739. The zero-order chi connectivity index (χ0) is 14.0. The second-order valence-corrected chi connectivity index (χ2v) is 6.66. The molecule has 2 nitrogen and oxygen atoms in total. The molecule has 0 amide bonds. The van der Waals surface area contributed by atoms with Crippen molar-refractivity contribution in [2.45, 2.75) is 63.2 Å². The zero-order valence-electron chi connectivity index (χ0n) is 12.2. The van der Waals surface area contributed by atoms with Gasteiger partial charge in [-0.25, -0.2) is 0 Å². The van der Waals surface area contributed by atoms with E-state index in [0.717, 1.165) is 11.4 Å². The van der Waals surface area contributed by atoms with Crippen LogP contribution >= 0.6 is 0 Å². The molecule has 2 N–H and O–H groups in total. The van der Waals surface area contributed by atoms with Crippen molar-refractivity contribution in [2.75, 3.05) is 0 Å². The quantitative estimate of drug-likeness (QED) is 0.831. The molecule has 3 rings (SSSR count). The first-order valence-corrected chi connectivity index (χ1v) is 8.19. The summed E-state index contributed by atoms with van der Waals surface area (Å²) in [6, 6.07) is 8.03. The Hall–Kier alpha value is -0.795. The molecule has 20 heavy (non-hydrogen) atoms. The van der Waals surface area contributed by atoms with Crippen molar-refractivity contribution in [1.29, 1.82) is 0 Å². The van der Waals surface area contributed by atoms with Crippen LogP contribution in [-0.2, 0) is 5.41 Å². The van der Waals surface area contributed by atoms with Crippen LogP contribution in [0.25, 0.3) is 0 Å². The lowest BCUT2D eigenvalue weighted by Gasteiger charge is -2.44. The Morgan fingerprint density at radius 2 is 1.55 bits per heavy atom. The third kappa shape index (κ3) is 2.42. The Balaban J connectivity index is 2.05. The molecule has 0 atom stereocenters. The van der Waals surface area contributed by atoms with Crippen LogP contribution in [-0.4, -0.2) is 17.2 Å². The molecule has 2 aliphatic rings. The van der Waals surface area contributed by atoms with Crippen LogP contribution in [0.1, 0.15) is 63.4 Å². The van der Waals surface area contributed by atoms with E-state index in [0.29, 0.717) is 0 Å². The number of benzene rings is 1. The summed E-state index contributed by atoms with van der Waals surface area (Å²) >= 11 is 0. The van der Waals surface area contributed by atoms with Crippen LogP contribution in [0.5, 0.6) is 0 Å². The summed E-state index contributed by atoms with van der Waals surface area (Å²) in [5, 5.41) is 19.5. The van der Waals surface area contributed by atoms with Gasteiger partial charge in [0.15, 0.2) is 0 Å². The average molecular weight is 272 g/mol. The van der Waals surface area contributed by atoms with E-state index in [9.17, 15) is 10.0 Å². The highest BCUT2D eigenvalue weighted by atomic mass is 16.4. The summed E-state index contributed by atoms with van der Waals surface area (Å²) < 4.78 is 0. The number of rotatable bonds is 3. The van der Waals surface area contributed by atoms with Gasteiger partial charge in [0.25, 0.3) is 0 Å². The molecule has 108 valence electrons. The van der Waals surface area contributed by atoms with E-state index < -0.39 is 7.12 Å². The van der Waals surface area contributed by atoms with Gasteiger partial charge in [0.05, 0.1) is 0 Å². The highest BCUT2D eigenvalue weighted by Gasteiger charge is 2.43. The van der Waals surface area contributed by atoms with Gasteiger partial charge >= 0.3 is 7.12 Å². The predicted molar refractivity (Wildman–Crippen MR) is 83.0 cm³/mol. The fourth-order valence-electron chi connectivity index (χ4n) is 4.73. The molecule has 0 spiro atoms. The van der Waals surface area contributed by atoms with Crippen molar-refractivity contribution in [3.8, 4) is 0 Å². The Kier molecular flexibility index (Phi) is 4.18. The number of hydrogen-bond acceptors (Lipinski definition) is 2. The maximum Gasteiger partial charge on any atom is 0.488 e. The standard InChI is InChI=1S/C17H25BO2/c19-18(20)16-11-5-4-10-15(16)17(12-6-1-7-13-17)14-8-2-3-9-14/h4-5,10-11,14,19-20H,1-3,6-9,12-13H2.